The van der Waals surface area contributed by atoms with Crippen molar-refractivity contribution < 1.29 is 0 Å². The summed E-state index contributed by atoms with van der Waals surface area (Å²) >= 11 is 0. The van der Waals surface area contributed by atoms with Crippen molar-refractivity contribution in [1.82, 2.24) is 9.97 Å². The molecule has 4 heteroatoms. The smallest absolute Gasteiger partial charge is 0.143 e. The van der Waals surface area contributed by atoms with Crippen LogP contribution in [0.3, 0.4) is 0 Å². The highest BCUT2D eigenvalue weighted by Crippen LogP contribution is 2.15. The zero-order valence-corrected chi connectivity index (χ0v) is 9.04. The molecule has 0 saturated heterocycles. The lowest BCUT2D eigenvalue weighted by Gasteiger charge is -2.09. The van der Waals surface area contributed by atoms with Crippen LogP contribution >= 0.6 is 0 Å². The van der Waals surface area contributed by atoms with E-state index < -0.39 is 0 Å². The molecule has 0 fully saturated rings. The van der Waals surface area contributed by atoms with Gasteiger partial charge in [0.25, 0.3) is 0 Å². The van der Waals surface area contributed by atoms with Gasteiger partial charge in [-0.2, -0.15) is 0 Å². The fraction of sp³-hybridized carbons (Fsp3) is 0.600. The number of hydrogen-bond acceptors (Lipinski definition) is 4. The largest absolute Gasteiger partial charge is 0.308 e. The fourth-order valence-electron chi connectivity index (χ4n) is 1.22. The monoisotopic (exact) mass is 194 g/mol. The highest BCUT2D eigenvalue weighted by molar-refractivity contribution is 5.35. The van der Waals surface area contributed by atoms with E-state index in [1.54, 1.807) is 0 Å². The molecular formula is C10H18N4. The highest BCUT2D eigenvalue weighted by atomic mass is 15.3. The van der Waals surface area contributed by atoms with Crippen molar-refractivity contribution in [2.75, 3.05) is 5.43 Å². The second-order valence-electron chi connectivity index (χ2n) is 3.64. The second kappa shape index (κ2) is 4.91. The molecule has 0 saturated carbocycles. The van der Waals surface area contributed by atoms with Crippen LogP contribution < -0.4 is 11.3 Å². The van der Waals surface area contributed by atoms with E-state index in [0.717, 1.165) is 24.4 Å². The van der Waals surface area contributed by atoms with Crippen LogP contribution in [0.25, 0.3) is 0 Å². The van der Waals surface area contributed by atoms with Gasteiger partial charge in [-0.1, -0.05) is 20.8 Å². The van der Waals surface area contributed by atoms with E-state index in [1.165, 1.54) is 0 Å². The molecule has 0 atom stereocenters. The maximum absolute atomic E-state index is 5.34. The van der Waals surface area contributed by atoms with Crippen molar-refractivity contribution in [3.63, 3.8) is 0 Å². The third-order valence-corrected chi connectivity index (χ3v) is 2.01. The van der Waals surface area contributed by atoms with Gasteiger partial charge in [0.15, 0.2) is 0 Å². The molecule has 0 aliphatic rings. The minimum atomic E-state index is 0.403. The van der Waals surface area contributed by atoms with Crippen LogP contribution in [-0.2, 0) is 6.42 Å². The Kier molecular flexibility index (Phi) is 3.83. The summed E-state index contributed by atoms with van der Waals surface area (Å²) < 4.78 is 0. The molecule has 78 valence electrons. The molecule has 0 spiro atoms. The van der Waals surface area contributed by atoms with Crippen molar-refractivity contribution >= 4 is 5.82 Å². The molecule has 1 heterocycles. The Morgan fingerprint density at radius 2 is 2.14 bits per heavy atom. The van der Waals surface area contributed by atoms with Crippen LogP contribution in [0.1, 0.15) is 44.6 Å². The van der Waals surface area contributed by atoms with Gasteiger partial charge in [0.1, 0.15) is 11.6 Å². The highest BCUT2D eigenvalue weighted by Gasteiger charge is 2.06. The first-order valence-corrected chi connectivity index (χ1v) is 5.01. The fourth-order valence-corrected chi connectivity index (χ4v) is 1.22. The first kappa shape index (κ1) is 10.9. The van der Waals surface area contributed by atoms with Gasteiger partial charge in [-0.15, -0.1) is 0 Å². The molecule has 3 N–H and O–H groups in total. The topological polar surface area (TPSA) is 63.8 Å². The van der Waals surface area contributed by atoms with Crippen LogP contribution in [0.4, 0.5) is 5.82 Å². The lowest BCUT2D eigenvalue weighted by Crippen LogP contribution is -2.12. The van der Waals surface area contributed by atoms with Crippen molar-refractivity contribution in [3.05, 3.63) is 17.6 Å². The Morgan fingerprint density at radius 1 is 1.43 bits per heavy atom. The molecule has 0 radical (unpaired) electrons. The Labute approximate surface area is 84.9 Å². The van der Waals surface area contributed by atoms with E-state index in [2.05, 4.69) is 36.2 Å². The second-order valence-corrected chi connectivity index (χ2v) is 3.64. The number of aromatic nitrogens is 2. The molecule has 0 unspecified atom stereocenters. The Hall–Kier alpha value is -1.16. The van der Waals surface area contributed by atoms with Crippen molar-refractivity contribution in [3.8, 4) is 0 Å². The first-order valence-electron chi connectivity index (χ1n) is 5.01. The number of aryl methyl sites for hydroxylation is 1. The van der Waals surface area contributed by atoms with E-state index in [1.807, 2.05) is 6.07 Å². The third-order valence-electron chi connectivity index (χ3n) is 2.01. The van der Waals surface area contributed by atoms with Gasteiger partial charge in [0, 0.05) is 18.2 Å². The summed E-state index contributed by atoms with van der Waals surface area (Å²) in [4.78, 5) is 8.74. The van der Waals surface area contributed by atoms with Gasteiger partial charge < -0.3 is 5.43 Å². The van der Waals surface area contributed by atoms with E-state index in [4.69, 9.17) is 5.84 Å². The van der Waals surface area contributed by atoms with E-state index in [9.17, 15) is 0 Å². The summed E-state index contributed by atoms with van der Waals surface area (Å²) in [5.74, 6) is 7.32. The Balaban J connectivity index is 3.00. The van der Waals surface area contributed by atoms with E-state index >= 15 is 0 Å². The van der Waals surface area contributed by atoms with Crippen molar-refractivity contribution in [2.24, 2.45) is 5.84 Å². The van der Waals surface area contributed by atoms with Gasteiger partial charge in [-0.05, 0) is 12.3 Å². The third kappa shape index (κ3) is 2.67. The zero-order chi connectivity index (χ0) is 10.6. The minimum Gasteiger partial charge on any atom is -0.308 e. The molecule has 0 aromatic carbocycles. The number of hydrazine groups is 1. The average Bonchev–Trinajstić information content (AvgIpc) is 2.17. The quantitative estimate of drug-likeness (QED) is 0.567. The maximum atomic E-state index is 5.34. The molecule has 0 aliphatic carbocycles. The van der Waals surface area contributed by atoms with Gasteiger partial charge in [0.2, 0.25) is 0 Å². The predicted molar refractivity (Wildman–Crippen MR) is 57.9 cm³/mol. The summed E-state index contributed by atoms with van der Waals surface area (Å²) in [6, 6.07) is 1.89. The minimum absolute atomic E-state index is 0.403. The molecule has 0 bridgehead atoms. The Bertz CT molecular complexity index is 296. The summed E-state index contributed by atoms with van der Waals surface area (Å²) in [5.41, 5.74) is 3.61. The van der Waals surface area contributed by atoms with Gasteiger partial charge in [-0.25, -0.2) is 15.8 Å². The van der Waals surface area contributed by atoms with Crippen molar-refractivity contribution in [1.29, 1.82) is 0 Å². The summed E-state index contributed by atoms with van der Waals surface area (Å²) in [6.07, 6.45) is 1.95. The molecule has 4 nitrogen and oxygen atoms in total. The standard InChI is InChI=1S/C10H18N4/c1-4-5-9-12-8(7(2)3)6-10(13-9)14-11/h6-7H,4-5,11H2,1-3H3,(H,12,13,14). The molecule has 1 aromatic heterocycles. The Morgan fingerprint density at radius 3 is 2.64 bits per heavy atom. The predicted octanol–water partition coefficient (Wildman–Crippen LogP) is 1.84. The molecule has 14 heavy (non-hydrogen) atoms. The number of nitrogens with two attached hydrogens (primary N) is 1. The SMILES string of the molecule is CCCc1nc(NN)cc(C(C)C)n1. The van der Waals surface area contributed by atoms with E-state index in [0.29, 0.717) is 11.7 Å². The molecule has 0 amide bonds. The van der Waals surface area contributed by atoms with Crippen LogP contribution in [-0.4, -0.2) is 9.97 Å². The first-order chi connectivity index (χ1) is 6.67. The number of nitrogens with zero attached hydrogens (tertiary/aromatic N) is 2. The van der Waals surface area contributed by atoms with Gasteiger partial charge in [-0.3, -0.25) is 0 Å². The zero-order valence-electron chi connectivity index (χ0n) is 9.04. The lowest BCUT2D eigenvalue weighted by molar-refractivity contribution is 0.764. The molecule has 0 aliphatic heterocycles. The van der Waals surface area contributed by atoms with Crippen LogP contribution in [0.15, 0.2) is 6.07 Å². The normalized spacial score (nSPS) is 10.6. The van der Waals surface area contributed by atoms with Gasteiger partial charge in [0.05, 0.1) is 0 Å². The number of anilines is 1. The lowest BCUT2D eigenvalue weighted by atomic mass is 10.1. The molecule has 1 aromatic rings. The summed E-state index contributed by atoms with van der Waals surface area (Å²) in [5, 5.41) is 0. The maximum Gasteiger partial charge on any atom is 0.143 e. The van der Waals surface area contributed by atoms with Crippen LogP contribution in [0.5, 0.6) is 0 Å². The average molecular weight is 194 g/mol. The molecule has 1 rings (SSSR count). The van der Waals surface area contributed by atoms with Gasteiger partial charge >= 0.3 is 0 Å². The number of rotatable bonds is 4. The number of nitrogen functional groups attached to an aromatic ring is 1. The van der Waals surface area contributed by atoms with Crippen molar-refractivity contribution in [2.45, 2.75) is 39.5 Å². The number of nitrogens with one attached hydrogen (secondary N) is 1. The summed E-state index contributed by atoms with van der Waals surface area (Å²) in [7, 11) is 0. The molecular weight excluding hydrogens is 176 g/mol. The van der Waals surface area contributed by atoms with E-state index in [-0.39, 0.29) is 0 Å². The van der Waals surface area contributed by atoms with Crippen LogP contribution in [0, 0.1) is 0 Å². The number of hydrogen-bond donors (Lipinski definition) is 2. The summed E-state index contributed by atoms with van der Waals surface area (Å²) in [6.45, 7) is 6.33. The van der Waals surface area contributed by atoms with Crippen LogP contribution in [0.2, 0.25) is 0 Å².